The zero-order chi connectivity index (χ0) is 15.6. The van der Waals surface area contributed by atoms with Crippen LogP contribution in [0.1, 0.15) is 38.7 Å². The molecule has 1 atom stereocenters. The fourth-order valence-corrected chi connectivity index (χ4v) is 3.08. The molecule has 114 valence electrons. The van der Waals surface area contributed by atoms with Crippen LogP contribution in [0.25, 0.3) is 0 Å². The number of nitrogens with zero attached hydrogens (tertiary/aromatic N) is 2. The van der Waals surface area contributed by atoms with Crippen LogP contribution in [-0.2, 0) is 4.79 Å². The molecule has 1 aliphatic carbocycles. The lowest BCUT2D eigenvalue weighted by Gasteiger charge is -2.30. The van der Waals surface area contributed by atoms with E-state index in [1.54, 1.807) is 30.1 Å². The Kier molecular flexibility index (Phi) is 4.21. The second kappa shape index (κ2) is 5.76. The number of anilines is 1. The van der Waals surface area contributed by atoms with Gasteiger partial charge in [0.15, 0.2) is 5.84 Å². The molecule has 0 aromatic heterocycles. The Bertz CT molecular complexity index is 566. The van der Waals surface area contributed by atoms with Gasteiger partial charge in [-0.05, 0) is 30.4 Å². The monoisotopic (exact) mass is 289 g/mol. The van der Waals surface area contributed by atoms with Gasteiger partial charge in [0.25, 0.3) is 0 Å². The Morgan fingerprint density at radius 2 is 2.19 bits per heavy atom. The van der Waals surface area contributed by atoms with E-state index in [0.717, 1.165) is 24.9 Å². The summed E-state index contributed by atoms with van der Waals surface area (Å²) in [7, 11) is 1.78. The topological polar surface area (TPSA) is 78.9 Å². The molecule has 0 spiro atoms. The Balaban J connectivity index is 2.24. The molecule has 0 radical (unpaired) electrons. The van der Waals surface area contributed by atoms with Crippen molar-refractivity contribution >= 4 is 17.4 Å². The van der Waals surface area contributed by atoms with Gasteiger partial charge in [-0.2, -0.15) is 0 Å². The molecule has 0 aliphatic heterocycles. The van der Waals surface area contributed by atoms with E-state index < -0.39 is 0 Å². The summed E-state index contributed by atoms with van der Waals surface area (Å²) >= 11 is 0. The number of amides is 1. The molecule has 0 heterocycles. The first-order valence-electron chi connectivity index (χ1n) is 7.22. The van der Waals surface area contributed by atoms with Crippen LogP contribution in [0.4, 0.5) is 5.69 Å². The summed E-state index contributed by atoms with van der Waals surface area (Å²) in [6.45, 7) is 4.31. The van der Waals surface area contributed by atoms with E-state index in [4.69, 9.17) is 10.9 Å². The van der Waals surface area contributed by atoms with Gasteiger partial charge in [0.1, 0.15) is 0 Å². The number of carbonyl (C=O) groups is 1. The van der Waals surface area contributed by atoms with Crippen molar-refractivity contribution in [1.82, 2.24) is 0 Å². The van der Waals surface area contributed by atoms with Crippen LogP contribution in [0, 0.1) is 11.3 Å². The molecule has 1 aliphatic rings. The third kappa shape index (κ3) is 3.01. The van der Waals surface area contributed by atoms with E-state index >= 15 is 0 Å². The lowest BCUT2D eigenvalue weighted by Crippen LogP contribution is -2.37. The highest BCUT2D eigenvalue weighted by Crippen LogP contribution is 2.43. The lowest BCUT2D eigenvalue weighted by atomic mass is 9.81. The zero-order valence-electron chi connectivity index (χ0n) is 12.8. The number of rotatable bonds is 3. The molecule has 3 N–H and O–H groups in total. The molecule has 0 bridgehead atoms. The summed E-state index contributed by atoms with van der Waals surface area (Å²) in [5.41, 5.74) is 7.01. The van der Waals surface area contributed by atoms with Crippen molar-refractivity contribution in [3.8, 4) is 0 Å². The van der Waals surface area contributed by atoms with Gasteiger partial charge in [0.05, 0.1) is 0 Å². The van der Waals surface area contributed by atoms with E-state index in [-0.39, 0.29) is 23.1 Å². The van der Waals surface area contributed by atoms with Crippen LogP contribution in [0.2, 0.25) is 0 Å². The first kappa shape index (κ1) is 15.4. The van der Waals surface area contributed by atoms with Crippen LogP contribution in [0.15, 0.2) is 29.4 Å². The maximum absolute atomic E-state index is 12.7. The highest BCUT2D eigenvalue weighted by atomic mass is 16.4. The number of benzene rings is 1. The summed E-state index contributed by atoms with van der Waals surface area (Å²) in [6, 6.07) is 7.16. The molecule has 1 fully saturated rings. The summed E-state index contributed by atoms with van der Waals surface area (Å²) in [5, 5.41) is 11.7. The molecule has 1 saturated carbocycles. The fraction of sp³-hybridized carbons (Fsp3) is 0.500. The van der Waals surface area contributed by atoms with Gasteiger partial charge in [-0.1, -0.05) is 37.6 Å². The van der Waals surface area contributed by atoms with E-state index in [0.29, 0.717) is 5.56 Å². The second-order valence-electron chi connectivity index (χ2n) is 6.37. The molecule has 1 aromatic rings. The molecule has 5 heteroatoms. The van der Waals surface area contributed by atoms with Crippen molar-refractivity contribution in [2.45, 2.75) is 33.1 Å². The standard InChI is InChI=1S/C16H23N3O2/c1-16(2)9-5-8-13(16)15(20)19(3)12-7-4-6-11(10-12)14(17)18-21/h4,6-7,10,13,21H,5,8-9H2,1-3H3,(H2,17,18). The molecule has 1 aromatic carbocycles. The Morgan fingerprint density at radius 1 is 1.48 bits per heavy atom. The first-order chi connectivity index (χ1) is 9.86. The average Bonchev–Trinajstić information content (AvgIpc) is 2.84. The lowest BCUT2D eigenvalue weighted by molar-refractivity contribution is -0.124. The van der Waals surface area contributed by atoms with Crippen LogP contribution in [0.3, 0.4) is 0 Å². The van der Waals surface area contributed by atoms with Crippen LogP contribution in [-0.4, -0.2) is 24.0 Å². The van der Waals surface area contributed by atoms with Gasteiger partial charge >= 0.3 is 0 Å². The zero-order valence-corrected chi connectivity index (χ0v) is 12.8. The van der Waals surface area contributed by atoms with E-state index in [1.807, 2.05) is 6.07 Å². The predicted molar refractivity (Wildman–Crippen MR) is 83.5 cm³/mol. The highest BCUT2D eigenvalue weighted by molar-refractivity contribution is 6.00. The quantitative estimate of drug-likeness (QED) is 0.388. The SMILES string of the molecule is CN(C(=O)C1CCCC1(C)C)c1cccc(/C(N)=N/O)c1. The number of nitrogens with two attached hydrogens (primary N) is 1. The van der Waals surface area contributed by atoms with Crippen molar-refractivity contribution in [3.63, 3.8) is 0 Å². The van der Waals surface area contributed by atoms with Crippen LogP contribution < -0.4 is 10.6 Å². The molecule has 2 rings (SSSR count). The molecule has 0 saturated heterocycles. The summed E-state index contributed by atoms with van der Waals surface area (Å²) in [4.78, 5) is 14.4. The maximum atomic E-state index is 12.7. The van der Waals surface area contributed by atoms with Crippen LogP contribution in [0.5, 0.6) is 0 Å². The van der Waals surface area contributed by atoms with Crippen molar-refractivity contribution in [2.75, 3.05) is 11.9 Å². The third-order valence-corrected chi connectivity index (χ3v) is 4.52. The molecule has 1 amide bonds. The third-order valence-electron chi connectivity index (χ3n) is 4.52. The normalized spacial score (nSPS) is 21.3. The second-order valence-corrected chi connectivity index (χ2v) is 6.37. The Morgan fingerprint density at radius 3 is 2.76 bits per heavy atom. The maximum Gasteiger partial charge on any atom is 0.230 e. The molecule has 1 unspecified atom stereocenters. The van der Waals surface area contributed by atoms with Crippen LogP contribution >= 0.6 is 0 Å². The number of carbonyl (C=O) groups excluding carboxylic acids is 1. The smallest absolute Gasteiger partial charge is 0.230 e. The molecular weight excluding hydrogens is 266 g/mol. The molecule has 21 heavy (non-hydrogen) atoms. The minimum absolute atomic E-state index is 0.0406. The predicted octanol–water partition coefficient (Wildman–Crippen LogP) is 2.57. The Labute approximate surface area is 125 Å². The minimum atomic E-state index is 0.0406. The summed E-state index contributed by atoms with van der Waals surface area (Å²) in [5.74, 6) is 0.225. The van der Waals surface area contributed by atoms with Gasteiger partial charge in [0, 0.05) is 24.2 Å². The van der Waals surface area contributed by atoms with E-state index in [9.17, 15) is 4.79 Å². The van der Waals surface area contributed by atoms with Gasteiger partial charge in [0.2, 0.25) is 5.91 Å². The molecular formula is C16H23N3O2. The van der Waals surface area contributed by atoms with Gasteiger partial charge < -0.3 is 15.8 Å². The molecule has 5 nitrogen and oxygen atoms in total. The summed E-state index contributed by atoms with van der Waals surface area (Å²) in [6.07, 6.45) is 3.12. The first-order valence-corrected chi connectivity index (χ1v) is 7.22. The number of amidine groups is 1. The van der Waals surface area contributed by atoms with Gasteiger partial charge in [-0.25, -0.2) is 0 Å². The minimum Gasteiger partial charge on any atom is -0.409 e. The Hall–Kier alpha value is -2.04. The largest absolute Gasteiger partial charge is 0.409 e. The fourth-order valence-electron chi connectivity index (χ4n) is 3.08. The van der Waals surface area contributed by atoms with E-state index in [1.165, 1.54) is 0 Å². The van der Waals surface area contributed by atoms with Gasteiger partial charge in [-0.3, -0.25) is 4.79 Å². The van der Waals surface area contributed by atoms with Crippen molar-refractivity contribution in [3.05, 3.63) is 29.8 Å². The summed E-state index contributed by atoms with van der Waals surface area (Å²) < 4.78 is 0. The number of hydrogen-bond donors (Lipinski definition) is 2. The number of oxime groups is 1. The van der Waals surface area contributed by atoms with Gasteiger partial charge in [-0.15, -0.1) is 0 Å². The van der Waals surface area contributed by atoms with E-state index in [2.05, 4.69) is 19.0 Å². The number of hydrogen-bond acceptors (Lipinski definition) is 3. The highest BCUT2D eigenvalue weighted by Gasteiger charge is 2.40. The van der Waals surface area contributed by atoms with Crippen molar-refractivity contribution in [1.29, 1.82) is 0 Å². The van der Waals surface area contributed by atoms with Crippen molar-refractivity contribution in [2.24, 2.45) is 22.2 Å². The average molecular weight is 289 g/mol. The van der Waals surface area contributed by atoms with Crippen molar-refractivity contribution < 1.29 is 10.0 Å².